The average Bonchev–Trinajstić information content (AvgIpc) is 3.25. The Morgan fingerprint density at radius 2 is 0.450 bits per heavy atom. The van der Waals surface area contributed by atoms with Crippen molar-refractivity contribution >= 4 is 35.0 Å². The van der Waals surface area contributed by atoms with Gasteiger partial charge in [-0.25, -0.2) is 14.4 Å². The number of nitro groups is 3. The van der Waals surface area contributed by atoms with E-state index in [1.165, 1.54) is 109 Å². The third kappa shape index (κ3) is 7.51. The minimum Gasteiger partial charge on any atom is -0.478 e. The number of rotatable bonds is 12. The van der Waals surface area contributed by atoms with Crippen molar-refractivity contribution < 1.29 is 44.5 Å². The largest absolute Gasteiger partial charge is 0.478 e. The highest BCUT2D eigenvalue weighted by Crippen LogP contribution is 2.56. The van der Waals surface area contributed by atoms with Crippen LogP contribution in [0.1, 0.15) is 31.1 Å². The summed E-state index contributed by atoms with van der Waals surface area (Å²) in [7, 11) is 0. The van der Waals surface area contributed by atoms with E-state index in [1.807, 2.05) is 0 Å². The number of non-ortho nitro benzene ring substituents is 3. The van der Waals surface area contributed by atoms with Crippen LogP contribution >= 0.6 is 0 Å². The average molecular weight is 802 g/mol. The SMILES string of the molecule is O=C(O)c1ccc(-c2c(-c3ccc([N+](=O)[O-])cc3)c(-c3ccc(C(=O)O)cc3)c(-c3ccc([N+](=O)[O-])cc3)c(-c3ccc(C(=O)O)cc3)c2-c2ccc([N+](=O)[O-])cc2)cc1. The molecule has 0 radical (unpaired) electrons. The Balaban J connectivity index is 1.80. The number of hydrogen-bond acceptors (Lipinski definition) is 9. The van der Waals surface area contributed by atoms with E-state index in [0.717, 1.165) is 0 Å². The molecule has 15 heteroatoms. The Hall–Kier alpha value is -8.85. The highest BCUT2D eigenvalue weighted by molar-refractivity contribution is 6.15. The Morgan fingerprint density at radius 1 is 0.300 bits per heavy atom. The Labute approximate surface area is 338 Å². The van der Waals surface area contributed by atoms with Gasteiger partial charge in [0, 0.05) is 36.4 Å². The van der Waals surface area contributed by atoms with Gasteiger partial charge < -0.3 is 15.3 Å². The molecule has 0 saturated carbocycles. The first kappa shape index (κ1) is 39.4. The summed E-state index contributed by atoms with van der Waals surface area (Å²) in [4.78, 5) is 70.1. The lowest BCUT2D eigenvalue weighted by Crippen LogP contribution is -2.04. The standard InChI is InChI=1S/C45H27N3O12/c49-43(50)31-7-1-25(2-8-31)37-40(28-13-19-34(20-14-28)46(55)56)38(26-3-9-32(10-4-26)44(51)52)42(30-17-23-36(24-18-30)48(59)60)39(27-5-11-33(12-6-27)45(53)54)41(37)29-15-21-35(22-16-29)47(57)58/h1-24H,(H,49,50)(H,51,52)(H,53,54). The first-order valence-corrected chi connectivity index (χ1v) is 17.7. The molecular weight excluding hydrogens is 775 g/mol. The monoisotopic (exact) mass is 801 g/mol. The number of carbonyl (C=O) groups is 3. The molecule has 7 rings (SSSR count). The highest BCUT2D eigenvalue weighted by Gasteiger charge is 2.30. The second-order valence-corrected chi connectivity index (χ2v) is 13.3. The summed E-state index contributed by atoms with van der Waals surface area (Å²) >= 11 is 0. The number of nitro benzene ring substituents is 3. The van der Waals surface area contributed by atoms with Crippen LogP contribution in [0.3, 0.4) is 0 Å². The molecule has 3 N–H and O–H groups in total. The summed E-state index contributed by atoms with van der Waals surface area (Å²) in [6.45, 7) is 0. The van der Waals surface area contributed by atoms with Crippen molar-refractivity contribution in [1.29, 1.82) is 0 Å². The van der Waals surface area contributed by atoms with Crippen LogP contribution in [0.5, 0.6) is 0 Å². The fourth-order valence-corrected chi connectivity index (χ4v) is 7.07. The van der Waals surface area contributed by atoms with E-state index < -0.39 is 32.7 Å². The van der Waals surface area contributed by atoms with Gasteiger partial charge in [-0.1, -0.05) is 36.4 Å². The molecule has 0 atom stereocenters. The Bertz CT molecular complexity index is 2340. The number of carboxylic acid groups (broad SMARTS) is 3. The van der Waals surface area contributed by atoms with Crippen LogP contribution in [0.4, 0.5) is 17.1 Å². The zero-order valence-corrected chi connectivity index (χ0v) is 30.7. The normalized spacial score (nSPS) is 10.8. The van der Waals surface area contributed by atoms with Crippen molar-refractivity contribution in [3.63, 3.8) is 0 Å². The molecule has 7 aromatic rings. The lowest BCUT2D eigenvalue weighted by atomic mass is 9.74. The maximum absolute atomic E-state index is 12.1. The van der Waals surface area contributed by atoms with Crippen molar-refractivity contribution in [1.82, 2.24) is 0 Å². The molecule has 0 aliphatic heterocycles. The molecule has 294 valence electrons. The van der Waals surface area contributed by atoms with Gasteiger partial charge in [-0.15, -0.1) is 0 Å². The fourth-order valence-electron chi connectivity index (χ4n) is 7.07. The Kier molecular flexibility index (Phi) is 10.5. The molecule has 0 bridgehead atoms. The number of carboxylic acids is 3. The molecule has 0 amide bonds. The van der Waals surface area contributed by atoms with Crippen molar-refractivity contribution in [3.05, 3.63) is 193 Å². The fraction of sp³-hybridized carbons (Fsp3) is 0. The van der Waals surface area contributed by atoms with Gasteiger partial charge >= 0.3 is 17.9 Å². The molecule has 0 spiro atoms. The molecule has 0 saturated heterocycles. The van der Waals surface area contributed by atoms with Crippen LogP contribution in [0, 0.1) is 30.3 Å². The summed E-state index contributed by atoms with van der Waals surface area (Å²) in [5.74, 6) is -3.63. The van der Waals surface area contributed by atoms with E-state index in [1.54, 1.807) is 36.4 Å². The third-order valence-electron chi connectivity index (χ3n) is 9.86. The summed E-state index contributed by atoms with van der Waals surface area (Å²) in [6, 6.07) is 34.4. The van der Waals surface area contributed by atoms with E-state index in [9.17, 15) is 60.0 Å². The van der Waals surface area contributed by atoms with Gasteiger partial charge in [-0.3, -0.25) is 30.3 Å². The molecule has 0 unspecified atom stereocenters. The van der Waals surface area contributed by atoms with Crippen molar-refractivity contribution in [2.75, 3.05) is 0 Å². The zero-order valence-electron chi connectivity index (χ0n) is 30.7. The summed E-state index contributed by atoms with van der Waals surface area (Å²) in [6.07, 6.45) is 0. The summed E-state index contributed by atoms with van der Waals surface area (Å²) < 4.78 is 0. The quantitative estimate of drug-likeness (QED) is 0.0772. The maximum atomic E-state index is 12.1. The van der Waals surface area contributed by atoms with Gasteiger partial charge in [-0.2, -0.15) is 0 Å². The number of benzene rings is 7. The van der Waals surface area contributed by atoms with Crippen molar-refractivity contribution in [2.24, 2.45) is 0 Å². The predicted molar refractivity (Wildman–Crippen MR) is 220 cm³/mol. The van der Waals surface area contributed by atoms with Gasteiger partial charge in [0.15, 0.2) is 0 Å². The van der Waals surface area contributed by atoms with Crippen LogP contribution < -0.4 is 0 Å². The predicted octanol–water partition coefficient (Wildman–Crippen LogP) is 10.5. The van der Waals surface area contributed by atoms with Gasteiger partial charge in [0.2, 0.25) is 0 Å². The van der Waals surface area contributed by atoms with E-state index in [0.29, 0.717) is 66.8 Å². The van der Waals surface area contributed by atoms with Gasteiger partial charge in [0.25, 0.3) is 17.1 Å². The van der Waals surface area contributed by atoms with E-state index in [2.05, 4.69) is 0 Å². The first-order valence-electron chi connectivity index (χ1n) is 17.7. The van der Waals surface area contributed by atoms with Crippen LogP contribution in [0.2, 0.25) is 0 Å². The molecule has 0 aromatic heterocycles. The van der Waals surface area contributed by atoms with E-state index in [4.69, 9.17) is 0 Å². The van der Waals surface area contributed by atoms with E-state index in [-0.39, 0.29) is 33.8 Å². The topological polar surface area (TPSA) is 241 Å². The van der Waals surface area contributed by atoms with Crippen LogP contribution in [0.25, 0.3) is 66.8 Å². The second kappa shape index (κ2) is 16.0. The minimum atomic E-state index is -1.21. The maximum Gasteiger partial charge on any atom is 0.335 e. The zero-order chi connectivity index (χ0) is 42.8. The molecule has 7 aromatic carbocycles. The van der Waals surface area contributed by atoms with Crippen LogP contribution in [-0.2, 0) is 0 Å². The smallest absolute Gasteiger partial charge is 0.335 e. The molecule has 0 aliphatic carbocycles. The Morgan fingerprint density at radius 3 is 0.583 bits per heavy atom. The summed E-state index contributed by atoms with van der Waals surface area (Å²) in [5, 5.41) is 65.1. The van der Waals surface area contributed by atoms with Gasteiger partial charge in [0.05, 0.1) is 31.5 Å². The number of aromatic carboxylic acids is 3. The van der Waals surface area contributed by atoms with Crippen LogP contribution in [0.15, 0.2) is 146 Å². The molecule has 0 fully saturated rings. The third-order valence-corrected chi connectivity index (χ3v) is 9.86. The molecule has 15 nitrogen and oxygen atoms in total. The molecular formula is C45H27N3O12. The highest BCUT2D eigenvalue weighted by atomic mass is 16.6. The number of nitrogens with zero attached hydrogens (tertiary/aromatic N) is 3. The van der Waals surface area contributed by atoms with E-state index >= 15 is 0 Å². The number of hydrogen-bond donors (Lipinski definition) is 3. The molecule has 60 heavy (non-hydrogen) atoms. The summed E-state index contributed by atoms with van der Waals surface area (Å²) in [5.41, 5.74) is 3.96. The lowest BCUT2D eigenvalue weighted by Gasteiger charge is -2.29. The second-order valence-electron chi connectivity index (χ2n) is 13.3. The molecule has 0 aliphatic rings. The minimum absolute atomic E-state index is 0.0519. The first-order chi connectivity index (χ1) is 28.7. The van der Waals surface area contributed by atoms with Crippen LogP contribution in [-0.4, -0.2) is 48.0 Å². The van der Waals surface area contributed by atoms with Gasteiger partial charge in [-0.05, 0) is 140 Å². The van der Waals surface area contributed by atoms with Crippen molar-refractivity contribution in [3.8, 4) is 66.8 Å². The van der Waals surface area contributed by atoms with Crippen molar-refractivity contribution in [2.45, 2.75) is 0 Å². The van der Waals surface area contributed by atoms with Gasteiger partial charge in [0.1, 0.15) is 0 Å². The molecule has 0 heterocycles. The lowest BCUT2D eigenvalue weighted by molar-refractivity contribution is -0.385.